The molecular weight excluding hydrogens is 244 g/mol. The summed E-state index contributed by atoms with van der Waals surface area (Å²) in [6.45, 7) is 7.64. The summed E-state index contributed by atoms with van der Waals surface area (Å²) in [6.07, 6.45) is 1.62. The Labute approximate surface area is 114 Å². The van der Waals surface area contributed by atoms with E-state index >= 15 is 0 Å². The third-order valence-electron chi connectivity index (χ3n) is 2.75. The third-order valence-corrected chi connectivity index (χ3v) is 2.75. The molecule has 0 unspecified atom stereocenters. The molecule has 1 saturated heterocycles. The summed E-state index contributed by atoms with van der Waals surface area (Å²) in [5.41, 5.74) is 0. The number of aliphatic imine (C=N–C) groups is 1. The van der Waals surface area contributed by atoms with Crippen molar-refractivity contribution in [1.82, 2.24) is 15.5 Å². The number of nitrogens with one attached hydrogen (secondary N) is 2. The van der Waals surface area contributed by atoms with E-state index in [4.69, 9.17) is 0 Å². The SMILES string of the molecule is CCNC(=NCCN1C(=O)CCCC1=O)NC(C)C. The molecule has 2 amide bonds. The van der Waals surface area contributed by atoms with Crippen molar-refractivity contribution in [3.05, 3.63) is 0 Å². The Morgan fingerprint density at radius 3 is 2.47 bits per heavy atom. The number of rotatable bonds is 5. The molecule has 0 atom stereocenters. The lowest BCUT2D eigenvalue weighted by molar-refractivity contribution is -0.147. The molecule has 1 rings (SSSR count). The van der Waals surface area contributed by atoms with Crippen LogP contribution < -0.4 is 10.6 Å². The normalized spacial score (nSPS) is 17.1. The molecule has 1 aliphatic rings. The number of hydrogen-bond acceptors (Lipinski definition) is 3. The lowest BCUT2D eigenvalue weighted by Gasteiger charge is -2.24. The monoisotopic (exact) mass is 268 g/mol. The van der Waals surface area contributed by atoms with Crippen molar-refractivity contribution in [2.24, 2.45) is 4.99 Å². The van der Waals surface area contributed by atoms with Crippen LogP contribution in [0.1, 0.15) is 40.0 Å². The quantitative estimate of drug-likeness (QED) is 0.432. The molecule has 6 nitrogen and oxygen atoms in total. The van der Waals surface area contributed by atoms with Gasteiger partial charge in [0.1, 0.15) is 0 Å². The van der Waals surface area contributed by atoms with Crippen LogP contribution in [0.3, 0.4) is 0 Å². The van der Waals surface area contributed by atoms with Crippen LogP contribution in [0.5, 0.6) is 0 Å². The topological polar surface area (TPSA) is 73.8 Å². The maximum Gasteiger partial charge on any atom is 0.229 e. The zero-order valence-corrected chi connectivity index (χ0v) is 12.0. The minimum Gasteiger partial charge on any atom is -0.357 e. The fourth-order valence-corrected chi connectivity index (χ4v) is 1.90. The van der Waals surface area contributed by atoms with Crippen LogP contribution in [-0.2, 0) is 9.59 Å². The van der Waals surface area contributed by atoms with Crippen molar-refractivity contribution >= 4 is 17.8 Å². The Bertz CT molecular complexity index is 337. The van der Waals surface area contributed by atoms with Gasteiger partial charge in [0.15, 0.2) is 5.96 Å². The number of nitrogens with zero attached hydrogens (tertiary/aromatic N) is 2. The fraction of sp³-hybridized carbons (Fsp3) is 0.769. The molecule has 2 N–H and O–H groups in total. The summed E-state index contributed by atoms with van der Waals surface area (Å²) in [6, 6.07) is 0.288. The first kappa shape index (κ1) is 15.5. The maximum atomic E-state index is 11.6. The van der Waals surface area contributed by atoms with Gasteiger partial charge in [-0.3, -0.25) is 19.5 Å². The highest BCUT2D eigenvalue weighted by molar-refractivity contribution is 5.97. The van der Waals surface area contributed by atoms with Gasteiger partial charge in [-0.15, -0.1) is 0 Å². The van der Waals surface area contributed by atoms with E-state index in [1.165, 1.54) is 4.90 Å². The van der Waals surface area contributed by atoms with E-state index < -0.39 is 0 Å². The second-order valence-corrected chi connectivity index (χ2v) is 4.85. The van der Waals surface area contributed by atoms with Crippen LogP contribution in [0.25, 0.3) is 0 Å². The van der Waals surface area contributed by atoms with E-state index in [1.807, 2.05) is 20.8 Å². The fourth-order valence-electron chi connectivity index (χ4n) is 1.90. The first-order valence-corrected chi connectivity index (χ1v) is 6.92. The molecule has 0 radical (unpaired) electrons. The van der Waals surface area contributed by atoms with Crippen LogP contribution in [0, 0.1) is 0 Å². The van der Waals surface area contributed by atoms with Crippen molar-refractivity contribution in [3.8, 4) is 0 Å². The van der Waals surface area contributed by atoms with Crippen LogP contribution in [-0.4, -0.2) is 48.3 Å². The van der Waals surface area contributed by atoms with Gasteiger partial charge < -0.3 is 10.6 Å². The number of hydrogen-bond donors (Lipinski definition) is 2. The van der Waals surface area contributed by atoms with Gasteiger partial charge in [-0.05, 0) is 27.2 Å². The third kappa shape index (κ3) is 5.28. The summed E-state index contributed by atoms with van der Waals surface area (Å²) in [4.78, 5) is 28.9. The van der Waals surface area contributed by atoms with Crippen molar-refractivity contribution in [2.75, 3.05) is 19.6 Å². The Balaban J connectivity index is 2.48. The number of guanidine groups is 1. The number of carbonyl (C=O) groups excluding carboxylic acids is 2. The highest BCUT2D eigenvalue weighted by Gasteiger charge is 2.24. The van der Waals surface area contributed by atoms with Gasteiger partial charge in [-0.1, -0.05) is 0 Å². The van der Waals surface area contributed by atoms with Crippen molar-refractivity contribution in [3.63, 3.8) is 0 Å². The maximum absolute atomic E-state index is 11.6. The van der Waals surface area contributed by atoms with E-state index in [9.17, 15) is 9.59 Å². The standard InChI is InChI=1S/C13H24N4O2/c1-4-14-13(16-10(2)3)15-8-9-17-11(18)6-5-7-12(17)19/h10H,4-9H2,1-3H3,(H2,14,15,16). The minimum atomic E-state index is -0.0757. The summed E-state index contributed by atoms with van der Waals surface area (Å²) in [5.74, 6) is 0.566. The Morgan fingerprint density at radius 1 is 1.32 bits per heavy atom. The first-order valence-electron chi connectivity index (χ1n) is 6.92. The highest BCUT2D eigenvalue weighted by Crippen LogP contribution is 2.11. The van der Waals surface area contributed by atoms with E-state index in [0.717, 1.165) is 12.5 Å². The molecule has 0 aromatic carbocycles. The number of amides is 2. The molecule has 19 heavy (non-hydrogen) atoms. The molecular formula is C13H24N4O2. The molecule has 0 aromatic heterocycles. The molecule has 1 fully saturated rings. The lowest BCUT2D eigenvalue weighted by atomic mass is 10.1. The molecule has 0 aromatic rings. The summed E-state index contributed by atoms with van der Waals surface area (Å²) in [7, 11) is 0. The average Bonchev–Trinajstić information content (AvgIpc) is 2.32. The average molecular weight is 268 g/mol. The molecule has 6 heteroatoms. The highest BCUT2D eigenvalue weighted by atomic mass is 16.2. The molecule has 0 bridgehead atoms. The van der Waals surface area contributed by atoms with Gasteiger partial charge in [0.05, 0.1) is 6.54 Å². The van der Waals surface area contributed by atoms with Crippen molar-refractivity contribution in [2.45, 2.75) is 46.1 Å². The Hall–Kier alpha value is -1.59. The molecule has 1 aliphatic heterocycles. The van der Waals surface area contributed by atoms with Gasteiger partial charge in [0, 0.05) is 32.0 Å². The second kappa shape index (κ2) is 7.76. The first-order chi connectivity index (χ1) is 9.04. The summed E-state index contributed by atoms with van der Waals surface area (Å²) < 4.78 is 0. The Kier molecular flexibility index (Phi) is 6.32. The van der Waals surface area contributed by atoms with Gasteiger partial charge in [-0.25, -0.2) is 0 Å². The van der Waals surface area contributed by atoms with Crippen molar-refractivity contribution < 1.29 is 9.59 Å². The molecule has 1 heterocycles. The molecule has 108 valence electrons. The lowest BCUT2D eigenvalue weighted by Crippen LogP contribution is -2.43. The summed E-state index contributed by atoms with van der Waals surface area (Å²) >= 11 is 0. The number of likely N-dealkylation sites (tertiary alicyclic amines) is 1. The number of carbonyl (C=O) groups is 2. The van der Waals surface area contributed by atoms with Crippen LogP contribution in [0.15, 0.2) is 4.99 Å². The summed E-state index contributed by atoms with van der Waals surface area (Å²) in [5, 5.41) is 6.32. The zero-order valence-electron chi connectivity index (χ0n) is 12.0. The molecule has 0 saturated carbocycles. The van der Waals surface area contributed by atoms with E-state index in [0.29, 0.717) is 32.4 Å². The van der Waals surface area contributed by atoms with Crippen LogP contribution in [0.4, 0.5) is 0 Å². The van der Waals surface area contributed by atoms with Crippen LogP contribution >= 0.6 is 0 Å². The largest absolute Gasteiger partial charge is 0.357 e. The van der Waals surface area contributed by atoms with Crippen LogP contribution in [0.2, 0.25) is 0 Å². The van der Waals surface area contributed by atoms with E-state index in [1.54, 1.807) is 0 Å². The second-order valence-electron chi connectivity index (χ2n) is 4.85. The number of piperidine rings is 1. The van der Waals surface area contributed by atoms with E-state index in [2.05, 4.69) is 15.6 Å². The van der Waals surface area contributed by atoms with Gasteiger partial charge in [-0.2, -0.15) is 0 Å². The Morgan fingerprint density at radius 2 is 1.95 bits per heavy atom. The smallest absolute Gasteiger partial charge is 0.229 e. The molecule has 0 aliphatic carbocycles. The number of imide groups is 1. The predicted octanol–water partition coefficient (Wildman–Crippen LogP) is 0.489. The van der Waals surface area contributed by atoms with Gasteiger partial charge >= 0.3 is 0 Å². The van der Waals surface area contributed by atoms with Gasteiger partial charge in [0.2, 0.25) is 11.8 Å². The van der Waals surface area contributed by atoms with Gasteiger partial charge in [0.25, 0.3) is 0 Å². The molecule has 0 spiro atoms. The minimum absolute atomic E-state index is 0.0757. The van der Waals surface area contributed by atoms with E-state index in [-0.39, 0.29) is 17.9 Å². The zero-order chi connectivity index (χ0) is 14.3. The predicted molar refractivity (Wildman–Crippen MR) is 74.8 cm³/mol. The van der Waals surface area contributed by atoms with Crippen molar-refractivity contribution in [1.29, 1.82) is 0 Å².